The molecule has 17 heavy (non-hydrogen) atoms. The van der Waals surface area contributed by atoms with E-state index >= 15 is 0 Å². The summed E-state index contributed by atoms with van der Waals surface area (Å²) in [6.07, 6.45) is 17.2. The Kier molecular flexibility index (Phi) is 14.2. The lowest BCUT2D eigenvalue weighted by Crippen LogP contribution is -2.00. The molecule has 0 N–H and O–H groups in total. The van der Waals surface area contributed by atoms with E-state index in [1.165, 1.54) is 77.0 Å². The van der Waals surface area contributed by atoms with Gasteiger partial charge in [0, 0.05) is 0 Å². The maximum atomic E-state index is 2.44. The predicted octanol–water partition coefficient (Wildman–Crippen LogP) is 6.25. The fraction of sp³-hybridized carbons (Fsp3) is 1.00. The molecule has 0 spiro atoms. The van der Waals surface area contributed by atoms with Gasteiger partial charge in [0.2, 0.25) is 0 Å². The van der Waals surface area contributed by atoms with Crippen molar-refractivity contribution in [2.24, 2.45) is 0 Å². The second kappa shape index (κ2) is 14.1. The van der Waals surface area contributed by atoms with E-state index in [0.717, 1.165) is 5.82 Å². The molecule has 101 valence electrons. The van der Waals surface area contributed by atoms with Gasteiger partial charge in [-0.05, 0) is 0 Å². The van der Waals surface area contributed by atoms with Crippen molar-refractivity contribution in [3.8, 4) is 0 Å². The third kappa shape index (κ3) is 12.3. The topological polar surface area (TPSA) is 0 Å². The summed E-state index contributed by atoms with van der Waals surface area (Å²) >= 11 is 0. The molecule has 0 fully saturated rings. The standard InChI is InChI=1S/C16H34B/c1-4-6-8-10-12-14-16(17-3)15-13-11-9-7-5-2/h16H,4-15H2,1-3H3. The van der Waals surface area contributed by atoms with Gasteiger partial charge in [-0.3, -0.25) is 0 Å². The number of hydrogen-bond donors (Lipinski definition) is 0. The summed E-state index contributed by atoms with van der Waals surface area (Å²) < 4.78 is 0. The van der Waals surface area contributed by atoms with Crippen LogP contribution in [0.1, 0.15) is 90.9 Å². The summed E-state index contributed by atoms with van der Waals surface area (Å²) in [5.74, 6) is 0.901. The fourth-order valence-corrected chi connectivity index (χ4v) is 2.50. The second-order valence-electron chi connectivity index (χ2n) is 5.50. The van der Waals surface area contributed by atoms with Gasteiger partial charge in [0.05, 0.1) is 0 Å². The highest BCUT2D eigenvalue weighted by molar-refractivity contribution is 6.35. The van der Waals surface area contributed by atoms with Crippen LogP contribution < -0.4 is 0 Å². The summed E-state index contributed by atoms with van der Waals surface area (Å²) in [5, 5.41) is 0. The largest absolute Gasteiger partial charge is 0.110 e. The first-order chi connectivity index (χ1) is 8.35. The molecular formula is C16H34B. The van der Waals surface area contributed by atoms with Gasteiger partial charge in [-0.1, -0.05) is 104 Å². The normalized spacial score (nSPS) is 11.1. The van der Waals surface area contributed by atoms with Crippen molar-refractivity contribution in [1.29, 1.82) is 0 Å². The third-order valence-corrected chi connectivity index (χ3v) is 3.83. The molecule has 0 aromatic carbocycles. The molecule has 0 saturated heterocycles. The van der Waals surface area contributed by atoms with Gasteiger partial charge in [-0.15, -0.1) is 0 Å². The van der Waals surface area contributed by atoms with Crippen molar-refractivity contribution in [2.75, 3.05) is 0 Å². The zero-order valence-electron chi connectivity index (χ0n) is 12.6. The van der Waals surface area contributed by atoms with E-state index in [2.05, 4.69) is 28.0 Å². The van der Waals surface area contributed by atoms with Crippen LogP contribution in [-0.4, -0.2) is 7.28 Å². The molecule has 0 heterocycles. The molecule has 1 radical (unpaired) electrons. The maximum absolute atomic E-state index is 2.44. The van der Waals surface area contributed by atoms with Crippen LogP contribution in [0.15, 0.2) is 0 Å². The second-order valence-corrected chi connectivity index (χ2v) is 5.50. The molecule has 0 saturated carbocycles. The Bertz CT molecular complexity index is 119. The molecule has 0 unspecified atom stereocenters. The zero-order chi connectivity index (χ0) is 12.8. The maximum Gasteiger partial charge on any atom is 0.110 e. The van der Waals surface area contributed by atoms with Crippen LogP contribution in [-0.2, 0) is 0 Å². The molecule has 0 aromatic heterocycles. The molecule has 0 aromatic rings. The summed E-state index contributed by atoms with van der Waals surface area (Å²) in [6.45, 7) is 6.83. The van der Waals surface area contributed by atoms with Crippen LogP contribution >= 0.6 is 0 Å². The van der Waals surface area contributed by atoms with Crippen molar-refractivity contribution in [1.82, 2.24) is 0 Å². The molecular weight excluding hydrogens is 203 g/mol. The van der Waals surface area contributed by atoms with E-state index in [-0.39, 0.29) is 0 Å². The minimum Gasteiger partial charge on any atom is -0.0917 e. The van der Waals surface area contributed by atoms with Crippen LogP contribution in [0.3, 0.4) is 0 Å². The molecule has 0 amide bonds. The molecule has 0 nitrogen and oxygen atoms in total. The zero-order valence-corrected chi connectivity index (χ0v) is 12.6. The molecule has 0 rings (SSSR count). The Morgan fingerprint density at radius 3 is 1.41 bits per heavy atom. The highest BCUT2D eigenvalue weighted by Gasteiger charge is 2.06. The first-order valence-electron chi connectivity index (χ1n) is 8.14. The first-order valence-corrected chi connectivity index (χ1v) is 8.14. The van der Waals surface area contributed by atoms with Gasteiger partial charge < -0.3 is 0 Å². The van der Waals surface area contributed by atoms with Crippen molar-refractivity contribution in [2.45, 2.75) is 104 Å². The Hall–Kier alpha value is 0.0649. The Morgan fingerprint density at radius 1 is 0.647 bits per heavy atom. The minimum atomic E-state index is 0.901. The van der Waals surface area contributed by atoms with Crippen LogP contribution in [0.25, 0.3) is 0 Å². The van der Waals surface area contributed by atoms with Crippen LogP contribution in [0.2, 0.25) is 12.6 Å². The van der Waals surface area contributed by atoms with Crippen molar-refractivity contribution < 1.29 is 0 Å². The van der Waals surface area contributed by atoms with Crippen LogP contribution in [0, 0.1) is 0 Å². The number of unbranched alkanes of at least 4 members (excludes halogenated alkanes) is 8. The summed E-state index contributed by atoms with van der Waals surface area (Å²) in [7, 11) is 2.44. The Balaban J connectivity index is 3.30. The summed E-state index contributed by atoms with van der Waals surface area (Å²) in [4.78, 5) is 0. The quantitative estimate of drug-likeness (QED) is 0.262. The van der Waals surface area contributed by atoms with E-state index in [9.17, 15) is 0 Å². The van der Waals surface area contributed by atoms with E-state index < -0.39 is 0 Å². The van der Waals surface area contributed by atoms with E-state index in [1.54, 1.807) is 0 Å². The van der Waals surface area contributed by atoms with Gasteiger partial charge in [-0.25, -0.2) is 0 Å². The van der Waals surface area contributed by atoms with E-state index in [4.69, 9.17) is 0 Å². The SMILES string of the molecule is C[B]C(CCCCCCC)CCCCCCC. The van der Waals surface area contributed by atoms with Crippen molar-refractivity contribution in [3.05, 3.63) is 0 Å². The number of hydrogen-bond acceptors (Lipinski definition) is 0. The van der Waals surface area contributed by atoms with Crippen molar-refractivity contribution >= 4 is 7.28 Å². The van der Waals surface area contributed by atoms with E-state index in [1.807, 2.05) is 0 Å². The van der Waals surface area contributed by atoms with Gasteiger partial charge >= 0.3 is 0 Å². The summed E-state index contributed by atoms with van der Waals surface area (Å²) in [6, 6.07) is 0. The molecule has 0 aliphatic carbocycles. The van der Waals surface area contributed by atoms with Gasteiger partial charge in [-0.2, -0.15) is 0 Å². The third-order valence-electron chi connectivity index (χ3n) is 3.83. The monoisotopic (exact) mass is 237 g/mol. The van der Waals surface area contributed by atoms with E-state index in [0.29, 0.717) is 0 Å². The van der Waals surface area contributed by atoms with Gasteiger partial charge in [0.25, 0.3) is 0 Å². The first kappa shape index (κ1) is 17.1. The molecule has 0 bridgehead atoms. The highest BCUT2D eigenvalue weighted by Crippen LogP contribution is 2.22. The fourth-order valence-electron chi connectivity index (χ4n) is 2.50. The van der Waals surface area contributed by atoms with Crippen LogP contribution in [0.4, 0.5) is 0 Å². The minimum absolute atomic E-state index is 0.901. The Morgan fingerprint density at radius 2 is 1.06 bits per heavy atom. The molecule has 0 aliphatic rings. The average molecular weight is 237 g/mol. The molecule has 1 heteroatoms. The number of rotatable bonds is 13. The lowest BCUT2D eigenvalue weighted by molar-refractivity contribution is 0.540. The lowest BCUT2D eigenvalue weighted by Gasteiger charge is -2.13. The van der Waals surface area contributed by atoms with Gasteiger partial charge in [0.1, 0.15) is 7.28 Å². The lowest BCUT2D eigenvalue weighted by atomic mass is 9.63. The summed E-state index contributed by atoms with van der Waals surface area (Å²) in [5.41, 5.74) is 0. The van der Waals surface area contributed by atoms with Crippen molar-refractivity contribution in [3.63, 3.8) is 0 Å². The highest BCUT2D eigenvalue weighted by atomic mass is 14.0. The smallest absolute Gasteiger partial charge is 0.0917 e. The predicted molar refractivity (Wildman–Crippen MR) is 82.1 cm³/mol. The molecule has 0 aliphatic heterocycles. The molecule has 0 atom stereocenters. The Labute approximate surface area is 111 Å². The van der Waals surface area contributed by atoms with Crippen LogP contribution in [0.5, 0.6) is 0 Å². The van der Waals surface area contributed by atoms with Gasteiger partial charge in [0.15, 0.2) is 0 Å². The average Bonchev–Trinajstić information content (AvgIpc) is 2.36.